The summed E-state index contributed by atoms with van der Waals surface area (Å²) in [5.74, 6) is 0.228. The maximum absolute atomic E-state index is 12.3. The van der Waals surface area contributed by atoms with Crippen LogP contribution in [-0.2, 0) is 4.79 Å². The molecule has 1 aromatic rings. The summed E-state index contributed by atoms with van der Waals surface area (Å²) in [6, 6.07) is 2.22. The van der Waals surface area contributed by atoms with Gasteiger partial charge in [0.05, 0.1) is 17.6 Å². The zero-order valence-corrected chi connectivity index (χ0v) is 10.2. The van der Waals surface area contributed by atoms with Gasteiger partial charge in [0.25, 0.3) is 5.91 Å². The Morgan fingerprint density at radius 1 is 1.47 bits per heavy atom. The topological polar surface area (TPSA) is 49.4 Å². The molecule has 0 aromatic carbocycles. The first kappa shape index (κ1) is 10.8. The SMILES string of the molecule is O=C1CC[C@@H]2[C@H](CCN2C(=O)c2ccsc2)N1. The van der Waals surface area contributed by atoms with E-state index in [2.05, 4.69) is 5.32 Å². The molecule has 2 amide bonds. The van der Waals surface area contributed by atoms with Crippen LogP contribution in [0.5, 0.6) is 0 Å². The molecule has 2 saturated heterocycles. The van der Waals surface area contributed by atoms with Gasteiger partial charge >= 0.3 is 0 Å². The van der Waals surface area contributed by atoms with Crippen LogP contribution in [0.25, 0.3) is 0 Å². The number of carbonyl (C=O) groups excluding carboxylic acids is 2. The number of nitrogens with zero attached hydrogens (tertiary/aromatic N) is 1. The van der Waals surface area contributed by atoms with Gasteiger partial charge in [0.1, 0.15) is 0 Å². The Bertz CT molecular complexity index is 443. The number of likely N-dealkylation sites (tertiary alicyclic amines) is 1. The lowest BCUT2D eigenvalue weighted by atomic mass is 9.99. The first-order valence-electron chi connectivity index (χ1n) is 5.88. The minimum absolute atomic E-state index is 0.106. The maximum Gasteiger partial charge on any atom is 0.255 e. The molecule has 0 unspecified atom stereocenters. The summed E-state index contributed by atoms with van der Waals surface area (Å²) in [4.78, 5) is 25.5. The van der Waals surface area contributed by atoms with E-state index in [1.54, 1.807) is 0 Å². The van der Waals surface area contributed by atoms with Gasteiger partial charge in [0.15, 0.2) is 0 Å². The molecule has 3 rings (SSSR count). The number of rotatable bonds is 1. The van der Waals surface area contributed by atoms with E-state index in [1.807, 2.05) is 21.7 Å². The van der Waals surface area contributed by atoms with E-state index in [0.717, 1.165) is 24.9 Å². The highest BCUT2D eigenvalue weighted by Crippen LogP contribution is 2.27. The third kappa shape index (κ3) is 1.84. The molecule has 2 atom stereocenters. The second kappa shape index (κ2) is 4.14. The summed E-state index contributed by atoms with van der Waals surface area (Å²) in [5, 5.41) is 6.78. The molecule has 0 saturated carbocycles. The molecule has 2 aliphatic heterocycles. The summed E-state index contributed by atoms with van der Waals surface area (Å²) < 4.78 is 0. The van der Waals surface area contributed by atoms with Crippen LogP contribution < -0.4 is 5.32 Å². The molecular weight excluding hydrogens is 236 g/mol. The highest BCUT2D eigenvalue weighted by atomic mass is 32.1. The fourth-order valence-corrected chi connectivity index (χ4v) is 3.37. The fraction of sp³-hybridized carbons (Fsp3) is 0.500. The van der Waals surface area contributed by atoms with Crippen molar-refractivity contribution >= 4 is 23.2 Å². The van der Waals surface area contributed by atoms with Crippen LogP contribution in [0.1, 0.15) is 29.6 Å². The second-order valence-corrected chi connectivity index (χ2v) is 5.36. The van der Waals surface area contributed by atoms with Crippen molar-refractivity contribution in [2.24, 2.45) is 0 Å². The van der Waals surface area contributed by atoms with Crippen LogP contribution in [0, 0.1) is 0 Å². The molecule has 0 aliphatic carbocycles. The van der Waals surface area contributed by atoms with E-state index in [0.29, 0.717) is 6.42 Å². The number of nitrogens with one attached hydrogen (secondary N) is 1. The Morgan fingerprint density at radius 3 is 3.12 bits per heavy atom. The van der Waals surface area contributed by atoms with Crippen LogP contribution in [0.15, 0.2) is 16.8 Å². The Labute approximate surface area is 104 Å². The summed E-state index contributed by atoms with van der Waals surface area (Å²) >= 11 is 1.54. The molecule has 0 bridgehead atoms. The highest BCUT2D eigenvalue weighted by Gasteiger charge is 2.40. The Kier molecular flexibility index (Phi) is 2.63. The largest absolute Gasteiger partial charge is 0.351 e. The molecular formula is C12H14N2O2S. The van der Waals surface area contributed by atoms with Crippen LogP contribution in [0.4, 0.5) is 0 Å². The van der Waals surface area contributed by atoms with Crippen molar-refractivity contribution < 1.29 is 9.59 Å². The van der Waals surface area contributed by atoms with Gasteiger partial charge in [-0.2, -0.15) is 11.3 Å². The fourth-order valence-electron chi connectivity index (χ4n) is 2.74. The number of amides is 2. The highest BCUT2D eigenvalue weighted by molar-refractivity contribution is 7.08. The molecule has 2 aliphatic rings. The van der Waals surface area contributed by atoms with Gasteiger partial charge in [-0.25, -0.2) is 0 Å². The van der Waals surface area contributed by atoms with Gasteiger partial charge in [-0.05, 0) is 24.3 Å². The predicted molar refractivity (Wildman–Crippen MR) is 64.9 cm³/mol. The van der Waals surface area contributed by atoms with E-state index in [-0.39, 0.29) is 23.9 Å². The number of hydrogen-bond donors (Lipinski definition) is 1. The molecule has 1 N–H and O–H groups in total. The van der Waals surface area contributed by atoms with Gasteiger partial charge in [-0.15, -0.1) is 0 Å². The Morgan fingerprint density at radius 2 is 2.35 bits per heavy atom. The van der Waals surface area contributed by atoms with Gasteiger partial charge in [-0.3, -0.25) is 9.59 Å². The van der Waals surface area contributed by atoms with Crippen molar-refractivity contribution in [1.82, 2.24) is 10.2 Å². The smallest absolute Gasteiger partial charge is 0.255 e. The van der Waals surface area contributed by atoms with Crippen molar-refractivity contribution in [3.05, 3.63) is 22.4 Å². The van der Waals surface area contributed by atoms with E-state index in [1.165, 1.54) is 11.3 Å². The lowest BCUT2D eigenvalue weighted by Gasteiger charge is -2.31. The van der Waals surface area contributed by atoms with Crippen molar-refractivity contribution in [2.75, 3.05) is 6.54 Å². The van der Waals surface area contributed by atoms with E-state index < -0.39 is 0 Å². The van der Waals surface area contributed by atoms with Crippen LogP contribution in [0.2, 0.25) is 0 Å². The first-order valence-corrected chi connectivity index (χ1v) is 6.82. The molecule has 3 heterocycles. The number of fused-ring (bicyclic) bond motifs is 1. The second-order valence-electron chi connectivity index (χ2n) is 4.58. The normalized spacial score (nSPS) is 27.8. The van der Waals surface area contributed by atoms with Crippen molar-refractivity contribution in [3.8, 4) is 0 Å². The molecule has 2 fully saturated rings. The van der Waals surface area contributed by atoms with Crippen LogP contribution >= 0.6 is 11.3 Å². The van der Waals surface area contributed by atoms with E-state index in [4.69, 9.17) is 0 Å². The summed E-state index contributed by atoms with van der Waals surface area (Å²) in [6.45, 7) is 0.754. The van der Waals surface area contributed by atoms with E-state index >= 15 is 0 Å². The molecule has 4 nitrogen and oxygen atoms in total. The Balaban J connectivity index is 1.77. The van der Waals surface area contributed by atoms with Crippen molar-refractivity contribution in [2.45, 2.75) is 31.3 Å². The maximum atomic E-state index is 12.3. The lowest BCUT2D eigenvalue weighted by Crippen LogP contribution is -2.50. The minimum atomic E-state index is 0.106. The molecule has 0 spiro atoms. The van der Waals surface area contributed by atoms with Gasteiger partial charge in [0.2, 0.25) is 5.91 Å². The standard InChI is InChI=1S/C12H14N2O2S/c15-11-2-1-10-9(13-11)3-5-14(10)12(16)8-4-6-17-7-8/h4,6-7,9-10H,1-3,5H2,(H,13,15)/t9-,10+/m0/s1. The Hall–Kier alpha value is -1.36. The number of carbonyl (C=O) groups is 2. The zero-order chi connectivity index (χ0) is 11.8. The number of thiophene rings is 1. The van der Waals surface area contributed by atoms with Gasteiger partial charge in [0, 0.05) is 18.3 Å². The van der Waals surface area contributed by atoms with Crippen LogP contribution in [0.3, 0.4) is 0 Å². The van der Waals surface area contributed by atoms with Crippen molar-refractivity contribution in [1.29, 1.82) is 0 Å². The molecule has 90 valence electrons. The number of piperidine rings is 1. The molecule has 17 heavy (non-hydrogen) atoms. The van der Waals surface area contributed by atoms with Gasteiger partial charge < -0.3 is 10.2 Å². The molecule has 1 aromatic heterocycles. The average Bonchev–Trinajstić information content (AvgIpc) is 2.96. The monoisotopic (exact) mass is 250 g/mol. The third-order valence-corrected chi connectivity index (χ3v) is 4.27. The van der Waals surface area contributed by atoms with Gasteiger partial charge in [-0.1, -0.05) is 0 Å². The molecule has 5 heteroatoms. The van der Waals surface area contributed by atoms with Crippen molar-refractivity contribution in [3.63, 3.8) is 0 Å². The quantitative estimate of drug-likeness (QED) is 0.815. The van der Waals surface area contributed by atoms with Crippen LogP contribution in [-0.4, -0.2) is 35.3 Å². The average molecular weight is 250 g/mol. The summed E-state index contributed by atoms with van der Waals surface area (Å²) in [7, 11) is 0. The zero-order valence-electron chi connectivity index (χ0n) is 9.39. The first-order chi connectivity index (χ1) is 8.25. The summed E-state index contributed by atoms with van der Waals surface area (Å²) in [6.07, 6.45) is 2.22. The lowest BCUT2D eigenvalue weighted by molar-refractivity contribution is -0.123. The number of hydrogen-bond acceptors (Lipinski definition) is 3. The van der Waals surface area contributed by atoms with E-state index in [9.17, 15) is 9.59 Å². The molecule has 0 radical (unpaired) electrons. The summed E-state index contributed by atoms with van der Waals surface area (Å²) in [5.41, 5.74) is 0.771. The predicted octanol–water partition coefficient (Wildman–Crippen LogP) is 1.24. The third-order valence-electron chi connectivity index (χ3n) is 3.59. The minimum Gasteiger partial charge on any atom is -0.351 e.